The van der Waals surface area contributed by atoms with Crippen LogP contribution in [0.2, 0.25) is 0 Å². The summed E-state index contributed by atoms with van der Waals surface area (Å²) in [5.41, 5.74) is -0.0461. The number of aliphatic carboxylic acids is 1. The van der Waals surface area contributed by atoms with E-state index in [1.165, 1.54) is 19.2 Å². The minimum atomic E-state index is -1.76. The van der Waals surface area contributed by atoms with Gasteiger partial charge in [-0.2, -0.15) is 0 Å². The number of methoxy groups -OCH3 is 1. The lowest BCUT2D eigenvalue weighted by molar-refractivity contribution is -0.180. The highest BCUT2D eigenvalue weighted by Gasteiger charge is 2.72. The third-order valence-corrected chi connectivity index (χ3v) is 9.27. The van der Waals surface area contributed by atoms with Gasteiger partial charge in [0, 0.05) is 30.5 Å². The number of carboxylic acid groups (broad SMARTS) is 1. The molecule has 0 saturated carbocycles. The molecule has 44 heavy (non-hydrogen) atoms. The van der Waals surface area contributed by atoms with E-state index >= 15 is 0 Å². The van der Waals surface area contributed by atoms with Crippen LogP contribution in [0, 0.1) is 0 Å². The van der Waals surface area contributed by atoms with Crippen LogP contribution in [0.4, 0.5) is 0 Å². The van der Waals surface area contributed by atoms with E-state index in [2.05, 4.69) is 4.90 Å². The minimum Gasteiger partial charge on any atom is -0.493 e. The van der Waals surface area contributed by atoms with Crippen molar-refractivity contribution in [2.24, 2.45) is 0 Å². The van der Waals surface area contributed by atoms with Crippen LogP contribution in [0.15, 0.2) is 54.3 Å². The largest absolute Gasteiger partial charge is 0.493 e. The van der Waals surface area contributed by atoms with Gasteiger partial charge in [-0.1, -0.05) is 36.4 Å². The normalized spacial score (nSPS) is 27.5. The SMILES string of the molecule is COc1ccc2c3c1O[C@H]1C(OC(=O)CC(OC(C)=O)C(=O)O[C@H](C(=O)O)c4ccccc4)=CC[C@@]4(O)[C@@H](C2)N(C)CC[C@]314. The average Bonchev–Trinajstić information content (AvgIpc) is 3.35. The highest BCUT2D eigenvalue weighted by Crippen LogP contribution is 2.65. The molecule has 12 heteroatoms. The fourth-order valence-electron chi connectivity index (χ4n) is 7.37. The molecule has 2 bridgehead atoms. The van der Waals surface area contributed by atoms with Crippen LogP contribution in [-0.4, -0.2) is 83.5 Å². The maximum atomic E-state index is 13.3. The van der Waals surface area contributed by atoms with Gasteiger partial charge in [0.1, 0.15) is 5.76 Å². The molecule has 2 heterocycles. The molecular weight excluding hydrogens is 574 g/mol. The molecular formula is C32H33NO11. The Morgan fingerprint density at radius 2 is 1.86 bits per heavy atom. The van der Waals surface area contributed by atoms with Gasteiger partial charge in [-0.05, 0) is 44.1 Å². The summed E-state index contributed by atoms with van der Waals surface area (Å²) in [5.74, 6) is -3.30. The fourth-order valence-corrected chi connectivity index (χ4v) is 7.37. The van der Waals surface area contributed by atoms with Crippen molar-refractivity contribution in [3.8, 4) is 11.5 Å². The summed E-state index contributed by atoms with van der Waals surface area (Å²) in [7, 11) is 3.52. The quantitative estimate of drug-likeness (QED) is 0.317. The summed E-state index contributed by atoms with van der Waals surface area (Å²) in [5, 5.41) is 22.0. The summed E-state index contributed by atoms with van der Waals surface area (Å²) in [4.78, 5) is 52.2. The number of carbonyl (C=O) groups excluding carboxylic acids is 3. The van der Waals surface area contributed by atoms with Crippen molar-refractivity contribution in [2.75, 3.05) is 20.7 Å². The lowest BCUT2D eigenvalue weighted by Gasteiger charge is -2.61. The molecule has 232 valence electrons. The second-order valence-corrected chi connectivity index (χ2v) is 11.6. The second kappa shape index (κ2) is 10.9. The van der Waals surface area contributed by atoms with Gasteiger partial charge in [0.2, 0.25) is 12.2 Å². The molecule has 1 fully saturated rings. The van der Waals surface area contributed by atoms with Crippen molar-refractivity contribution < 1.29 is 53.1 Å². The van der Waals surface area contributed by atoms with E-state index in [-0.39, 0.29) is 23.8 Å². The predicted octanol–water partition coefficient (Wildman–Crippen LogP) is 2.21. The summed E-state index contributed by atoms with van der Waals surface area (Å²) < 4.78 is 28.1. The number of likely N-dealkylation sites (N-methyl/N-ethyl adjacent to an activating group) is 1. The Balaban J connectivity index is 1.26. The van der Waals surface area contributed by atoms with Gasteiger partial charge in [-0.3, -0.25) is 9.59 Å². The van der Waals surface area contributed by atoms with E-state index < -0.39 is 59.6 Å². The van der Waals surface area contributed by atoms with Crippen LogP contribution in [-0.2, 0) is 45.2 Å². The molecule has 2 aromatic carbocycles. The molecule has 2 aromatic rings. The predicted molar refractivity (Wildman–Crippen MR) is 151 cm³/mol. The third-order valence-electron chi connectivity index (χ3n) is 9.27. The summed E-state index contributed by atoms with van der Waals surface area (Å²) >= 11 is 0. The summed E-state index contributed by atoms with van der Waals surface area (Å²) in [6.07, 6.45) is -2.09. The lowest BCUT2D eigenvalue weighted by atomic mass is 9.50. The Labute approximate surface area is 253 Å². The van der Waals surface area contributed by atoms with Crippen LogP contribution in [0.5, 0.6) is 11.5 Å². The van der Waals surface area contributed by atoms with Crippen molar-refractivity contribution in [3.05, 3.63) is 71.0 Å². The van der Waals surface area contributed by atoms with Crippen LogP contribution in [0.3, 0.4) is 0 Å². The van der Waals surface area contributed by atoms with E-state index in [0.29, 0.717) is 30.9 Å². The van der Waals surface area contributed by atoms with Crippen molar-refractivity contribution in [1.29, 1.82) is 0 Å². The highest BCUT2D eigenvalue weighted by molar-refractivity contribution is 5.87. The zero-order valence-electron chi connectivity index (χ0n) is 24.5. The van der Waals surface area contributed by atoms with Gasteiger partial charge in [0.15, 0.2) is 17.6 Å². The number of ether oxygens (including phenoxy) is 5. The maximum Gasteiger partial charge on any atom is 0.349 e. The van der Waals surface area contributed by atoms with E-state index in [1.807, 2.05) is 19.2 Å². The Kier molecular flexibility index (Phi) is 7.37. The average molecular weight is 608 g/mol. The molecule has 1 spiro atoms. The number of benzene rings is 2. The standard InChI is InChI=1S/C32H33NO11/c1-17(34)41-22(30(38)44-26(29(36)37)18-7-5-4-6-8-18)16-24(35)42-21-11-12-32(39)23-15-19-9-10-20(40-3)27-25(19)31(32,28(21)43-27)13-14-33(23)2/h4-11,22-23,26,28,39H,12-16H2,1-3H3,(H,36,37)/t22?,23-,26+,28+,31+,32-/m1/s1. The van der Waals surface area contributed by atoms with Crippen molar-refractivity contribution in [2.45, 2.75) is 68.0 Å². The van der Waals surface area contributed by atoms with Crippen molar-refractivity contribution >= 4 is 23.9 Å². The van der Waals surface area contributed by atoms with Crippen LogP contribution < -0.4 is 9.47 Å². The first-order chi connectivity index (χ1) is 21.0. The molecule has 4 aliphatic rings. The van der Waals surface area contributed by atoms with Gasteiger partial charge < -0.3 is 38.8 Å². The lowest BCUT2D eigenvalue weighted by Crippen LogP contribution is -2.74. The Morgan fingerprint density at radius 1 is 1.11 bits per heavy atom. The van der Waals surface area contributed by atoms with E-state index in [9.17, 15) is 29.4 Å². The highest BCUT2D eigenvalue weighted by atomic mass is 16.6. The van der Waals surface area contributed by atoms with Crippen LogP contribution in [0.25, 0.3) is 0 Å². The molecule has 0 amide bonds. The molecule has 2 aliphatic carbocycles. The Hall–Kier alpha value is -4.42. The molecule has 0 radical (unpaired) electrons. The van der Waals surface area contributed by atoms with Gasteiger partial charge in [-0.15, -0.1) is 0 Å². The van der Waals surface area contributed by atoms with E-state index in [0.717, 1.165) is 18.1 Å². The number of rotatable bonds is 9. The van der Waals surface area contributed by atoms with Gasteiger partial charge >= 0.3 is 23.9 Å². The number of carbonyl (C=O) groups is 4. The minimum absolute atomic E-state index is 0.164. The van der Waals surface area contributed by atoms with E-state index in [4.69, 9.17) is 23.7 Å². The molecule has 1 saturated heterocycles. The van der Waals surface area contributed by atoms with Gasteiger partial charge in [0.25, 0.3) is 0 Å². The number of carboxylic acids is 1. The number of nitrogens with zero attached hydrogens (tertiary/aromatic N) is 1. The fraction of sp³-hybridized carbons (Fsp3) is 0.438. The third kappa shape index (κ3) is 4.51. The second-order valence-electron chi connectivity index (χ2n) is 11.6. The van der Waals surface area contributed by atoms with Crippen molar-refractivity contribution in [1.82, 2.24) is 4.90 Å². The zero-order chi connectivity index (χ0) is 31.4. The molecule has 12 nitrogen and oxygen atoms in total. The number of likely N-dealkylation sites (tertiary alicyclic amines) is 1. The van der Waals surface area contributed by atoms with Gasteiger partial charge in [0.05, 0.1) is 24.5 Å². The monoisotopic (exact) mass is 607 g/mol. The first kappa shape index (κ1) is 29.6. The van der Waals surface area contributed by atoms with Gasteiger partial charge in [-0.25, -0.2) is 9.59 Å². The summed E-state index contributed by atoms with van der Waals surface area (Å²) in [6, 6.07) is 11.4. The molecule has 2 N–H and O–H groups in total. The number of esters is 3. The maximum absolute atomic E-state index is 13.3. The first-order valence-electron chi connectivity index (χ1n) is 14.4. The van der Waals surface area contributed by atoms with Crippen LogP contribution >= 0.6 is 0 Å². The molecule has 0 aromatic heterocycles. The number of piperidine rings is 1. The molecule has 6 rings (SSSR count). The smallest absolute Gasteiger partial charge is 0.349 e. The molecule has 6 atom stereocenters. The Bertz CT molecular complexity index is 1550. The number of aliphatic hydroxyl groups is 1. The zero-order valence-corrected chi connectivity index (χ0v) is 24.5. The van der Waals surface area contributed by atoms with Crippen molar-refractivity contribution in [3.63, 3.8) is 0 Å². The van der Waals surface area contributed by atoms with Crippen LogP contribution in [0.1, 0.15) is 49.0 Å². The Morgan fingerprint density at radius 3 is 2.55 bits per heavy atom. The molecule has 1 unspecified atom stereocenters. The number of hydrogen-bond donors (Lipinski definition) is 2. The molecule has 2 aliphatic heterocycles. The number of hydrogen-bond acceptors (Lipinski definition) is 11. The summed E-state index contributed by atoms with van der Waals surface area (Å²) in [6.45, 7) is 1.73. The van der Waals surface area contributed by atoms with E-state index in [1.54, 1.807) is 24.3 Å². The topological polar surface area (TPSA) is 158 Å². The first-order valence-corrected chi connectivity index (χ1v) is 14.4.